The standard InChI is InChI=1S/C26H24N6O2S/c1-15-27-14-22(35-15)17-10-11-32-21(13-28-23(32)12-17)26(34)29-18-8-6-16(7-9-18)24-19-4-2-3-5-20(19)25(33)31-30-24/h2-5,10-14,16,18H,6-9H2,1H3,(H,29,34)(H,31,33)/t16-,18-. The molecular weight excluding hydrogens is 460 g/mol. The summed E-state index contributed by atoms with van der Waals surface area (Å²) < 4.78 is 1.83. The Balaban J connectivity index is 1.15. The number of H-pyrrole nitrogens is 1. The molecule has 0 saturated heterocycles. The number of pyridine rings is 1. The molecule has 0 unspecified atom stereocenters. The highest BCUT2D eigenvalue weighted by Crippen LogP contribution is 2.34. The zero-order valence-electron chi connectivity index (χ0n) is 19.2. The van der Waals surface area contributed by atoms with Crippen LogP contribution in [0.25, 0.3) is 26.9 Å². The van der Waals surface area contributed by atoms with Crippen LogP contribution in [0.15, 0.2) is 59.8 Å². The second kappa shape index (κ2) is 8.74. The first-order valence-electron chi connectivity index (χ1n) is 11.7. The van der Waals surface area contributed by atoms with E-state index in [4.69, 9.17) is 0 Å². The van der Waals surface area contributed by atoms with Gasteiger partial charge in [0.1, 0.15) is 11.3 Å². The first-order valence-corrected chi connectivity index (χ1v) is 12.6. The number of aromatic nitrogens is 5. The molecule has 1 aromatic carbocycles. The number of nitrogens with zero attached hydrogens (tertiary/aromatic N) is 4. The normalized spacial score (nSPS) is 18.2. The summed E-state index contributed by atoms with van der Waals surface area (Å²) in [5.41, 5.74) is 3.09. The van der Waals surface area contributed by atoms with E-state index in [0.717, 1.165) is 57.9 Å². The van der Waals surface area contributed by atoms with Gasteiger partial charge in [-0.15, -0.1) is 11.3 Å². The summed E-state index contributed by atoms with van der Waals surface area (Å²) in [6.45, 7) is 1.98. The maximum absolute atomic E-state index is 13.1. The smallest absolute Gasteiger partial charge is 0.272 e. The number of amides is 1. The molecular formula is C26H24N6O2S. The summed E-state index contributed by atoms with van der Waals surface area (Å²) in [5.74, 6) is 0.143. The number of aromatic amines is 1. The van der Waals surface area contributed by atoms with Crippen LogP contribution in [0.3, 0.4) is 0 Å². The maximum Gasteiger partial charge on any atom is 0.272 e. The van der Waals surface area contributed by atoms with Crippen molar-refractivity contribution < 1.29 is 4.79 Å². The van der Waals surface area contributed by atoms with Crippen molar-refractivity contribution in [1.29, 1.82) is 0 Å². The van der Waals surface area contributed by atoms with Crippen LogP contribution in [0.1, 0.15) is 52.8 Å². The molecule has 5 aromatic rings. The Kier molecular flexibility index (Phi) is 5.41. The average Bonchev–Trinajstić information content (AvgIpc) is 3.51. The predicted octanol–water partition coefficient (Wildman–Crippen LogP) is 4.46. The summed E-state index contributed by atoms with van der Waals surface area (Å²) in [4.78, 5) is 35.1. The van der Waals surface area contributed by atoms with Gasteiger partial charge in [0.2, 0.25) is 0 Å². The minimum absolute atomic E-state index is 0.0952. The number of rotatable bonds is 4. The van der Waals surface area contributed by atoms with E-state index in [1.807, 2.05) is 60.1 Å². The van der Waals surface area contributed by atoms with Gasteiger partial charge in [0.25, 0.3) is 11.5 Å². The maximum atomic E-state index is 13.1. The molecule has 35 heavy (non-hydrogen) atoms. The lowest BCUT2D eigenvalue weighted by Crippen LogP contribution is -2.38. The predicted molar refractivity (Wildman–Crippen MR) is 136 cm³/mol. The molecule has 4 heterocycles. The SMILES string of the molecule is Cc1ncc(-c2ccn3c(C(=O)N[C@H]4CC[C@H](c5n[nH]c(=O)c6ccccc65)CC4)cnc3c2)s1. The third kappa shape index (κ3) is 4.01. The molecule has 1 saturated carbocycles. The van der Waals surface area contributed by atoms with Crippen LogP contribution in [0, 0.1) is 6.92 Å². The number of carbonyl (C=O) groups excluding carboxylic acids is 1. The van der Waals surface area contributed by atoms with E-state index in [-0.39, 0.29) is 23.4 Å². The third-order valence-corrected chi connectivity index (χ3v) is 7.79. The molecule has 1 amide bonds. The molecule has 0 radical (unpaired) electrons. The lowest BCUT2D eigenvalue weighted by atomic mass is 9.82. The topological polar surface area (TPSA) is 105 Å². The van der Waals surface area contributed by atoms with Gasteiger partial charge in [0.05, 0.1) is 27.2 Å². The van der Waals surface area contributed by atoms with Gasteiger partial charge in [0.15, 0.2) is 0 Å². The van der Waals surface area contributed by atoms with Gasteiger partial charge in [-0.05, 0) is 56.4 Å². The summed E-state index contributed by atoms with van der Waals surface area (Å²) in [5, 5.41) is 12.8. The molecule has 9 heteroatoms. The Morgan fingerprint density at radius 3 is 2.66 bits per heavy atom. The highest BCUT2D eigenvalue weighted by molar-refractivity contribution is 7.15. The molecule has 6 rings (SSSR count). The Morgan fingerprint density at radius 1 is 1.09 bits per heavy atom. The van der Waals surface area contributed by atoms with Crippen molar-refractivity contribution in [1.82, 2.24) is 29.9 Å². The number of thiazole rings is 1. The monoisotopic (exact) mass is 484 g/mol. The number of carbonyl (C=O) groups is 1. The number of aryl methyl sites for hydroxylation is 1. The molecule has 1 fully saturated rings. The van der Waals surface area contributed by atoms with Crippen LogP contribution in [0.5, 0.6) is 0 Å². The van der Waals surface area contributed by atoms with E-state index in [9.17, 15) is 9.59 Å². The number of fused-ring (bicyclic) bond motifs is 2. The van der Waals surface area contributed by atoms with Gasteiger partial charge in [0, 0.05) is 29.7 Å². The van der Waals surface area contributed by atoms with Gasteiger partial charge >= 0.3 is 0 Å². The van der Waals surface area contributed by atoms with Crippen LogP contribution >= 0.6 is 11.3 Å². The first kappa shape index (κ1) is 21.7. The fourth-order valence-corrected chi connectivity index (χ4v) is 5.79. The molecule has 8 nitrogen and oxygen atoms in total. The van der Waals surface area contributed by atoms with Crippen molar-refractivity contribution in [3.8, 4) is 10.4 Å². The molecule has 0 aliphatic heterocycles. The molecule has 4 aromatic heterocycles. The molecule has 0 bridgehead atoms. The molecule has 1 aliphatic rings. The van der Waals surface area contributed by atoms with Gasteiger partial charge < -0.3 is 5.32 Å². The average molecular weight is 485 g/mol. The highest BCUT2D eigenvalue weighted by Gasteiger charge is 2.27. The van der Waals surface area contributed by atoms with Crippen LogP contribution in [0.4, 0.5) is 0 Å². The fraction of sp³-hybridized carbons (Fsp3) is 0.269. The number of hydrogen-bond acceptors (Lipinski definition) is 6. The van der Waals surface area contributed by atoms with Gasteiger partial charge in [-0.1, -0.05) is 18.2 Å². The summed E-state index contributed by atoms with van der Waals surface area (Å²) >= 11 is 1.64. The van der Waals surface area contributed by atoms with Crippen LogP contribution < -0.4 is 10.9 Å². The summed E-state index contributed by atoms with van der Waals surface area (Å²) in [6, 6.07) is 11.7. The van der Waals surface area contributed by atoms with E-state index in [0.29, 0.717) is 11.1 Å². The van der Waals surface area contributed by atoms with Crippen molar-refractivity contribution in [3.63, 3.8) is 0 Å². The molecule has 176 valence electrons. The van der Waals surface area contributed by atoms with E-state index in [2.05, 4.69) is 25.5 Å². The summed E-state index contributed by atoms with van der Waals surface area (Å²) in [7, 11) is 0. The summed E-state index contributed by atoms with van der Waals surface area (Å²) in [6.07, 6.45) is 8.91. The second-order valence-corrected chi connectivity index (χ2v) is 10.3. The fourth-order valence-electron chi connectivity index (χ4n) is 5.01. The van der Waals surface area contributed by atoms with Crippen LogP contribution in [-0.2, 0) is 0 Å². The zero-order chi connectivity index (χ0) is 23.9. The Hall–Kier alpha value is -3.85. The number of imidazole rings is 1. The van der Waals surface area contributed by atoms with Crippen LogP contribution in [-0.4, -0.2) is 36.5 Å². The second-order valence-electron chi connectivity index (χ2n) is 9.04. The molecule has 1 aliphatic carbocycles. The minimum atomic E-state index is -0.160. The van der Waals surface area contributed by atoms with Crippen molar-refractivity contribution in [2.75, 3.05) is 0 Å². The van der Waals surface area contributed by atoms with Crippen LogP contribution in [0.2, 0.25) is 0 Å². The minimum Gasteiger partial charge on any atom is -0.348 e. The Labute approximate surface area is 205 Å². The van der Waals surface area contributed by atoms with E-state index in [1.165, 1.54) is 0 Å². The Morgan fingerprint density at radius 2 is 1.89 bits per heavy atom. The molecule has 0 atom stereocenters. The molecule has 2 N–H and O–H groups in total. The number of nitrogens with one attached hydrogen (secondary N) is 2. The highest BCUT2D eigenvalue weighted by atomic mass is 32.1. The van der Waals surface area contributed by atoms with Gasteiger partial charge in [-0.3, -0.25) is 14.0 Å². The van der Waals surface area contributed by atoms with E-state index < -0.39 is 0 Å². The van der Waals surface area contributed by atoms with E-state index >= 15 is 0 Å². The largest absolute Gasteiger partial charge is 0.348 e. The van der Waals surface area contributed by atoms with Gasteiger partial charge in [-0.25, -0.2) is 15.1 Å². The zero-order valence-corrected chi connectivity index (χ0v) is 20.0. The number of hydrogen-bond donors (Lipinski definition) is 2. The third-order valence-electron chi connectivity index (χ3n) is 6.83. The van der Waals surface area contributed by atoms with Crippen molar-refractivity contribution in [2.24, 2.45) is 0 Å². The lowest BCUT2D eigenvalue weighted by Gasteiger charge is -2.29. The van der Waals surface area contributed by atoms with Crippen molar-refractivity contribution in [3.05, 3.63) is 81.7 Å². The number of benzene rings is 1. The quantitative estimate of drug-likeness (QED) is 0.392. The first-order chi connectivity index (χ1) is 17.1. The van der Waals surface area contributed by atoms with Crippen molar-refractivity contribution >= 4 is 33.7 Å². The van der Waals surface area contributed by atoms with Gasteiger partial charge in [-0.2, -0.15) is 5.10 Å². The lowest BCUT2D eigenvalue weighted by molar-refractivity contribution is 0.0919. The van der Waals surface area contributed by atoms with E-state index in [1.54, 1.807) is 17.5 Å². The van der Waals surface area contributed by atoms with Crippen molar-refractivity contribution in [2.45, 2.75) is 44.6 Å². The molecule has 0 spiro atoms. The Bertz CT molecular complexity index is 1610.